The summed E-state index contributed by atoms with van der Waals surface area (Å²) in [4.78, 5) is 4.08. The van der Waals surface area contributed by atoms with Gasteiger partial charge in [-0.1, -0.05) is 0 Å². The van der Waals surface area contributed by atoms with E-state index in [1.165, 1.54) is 12.8 Å². The number of nitrogens with two attached hydrogens (primary N) is 1. The molecule has 2 aromatic heterocycles. The van der Waals surface area contributed by atoms with Crippen molar-refractivity contribution in [3.63, 3.8) is 0 Å². The van der Waals surface area contributed by atoms with Crippen LogP contribution < -0.4 is 10.5 Å². The second-order valence-electron chi connectivity index (χ2n) is 5.97. The number of rotatable bonds is 4. The predicted molar refractivity (Wildman–Crippen MR) is 82.0 cm³/mol. The van der Waals surface area contributed by atoms with Gasteiger partial charge in [-0.15, -0.1) is 0 Å². The van der Waals surface area contributed by atoms with Gasteiger partial charge in [0.2, 0.25) is 0 Å². The van der Waals surface area contributed by atoms with Crippen molar-refractivity contribution >= 4 is 5.82 Å². The number of hydrogen-bond acceptors (Lipinski definition) is 5. The summed E-state index contributed by atoms with van der Waals surface area (Å²) in [6, 6.07) is 4.19. The summed E-state index contributed by atoms with van der Waals surface area (Å²) in [6.45, 7) is 1.57. The molecule has 0 amide bonds. The van der Waals surface area contributed by atoms with Crippen molar-refractivity contribution in [2.45, 2.75) is 37.6 Å². The Hall–Kier alpha value is -2.08. The minimum Gasteiger partial charge on any atom is -0.450 e. The summed E-state index contributed by atoms with van der Waals surface area (Å²) in [5.74, 6) is 2.19. The maximum absolute atomic E-state index is 6.04. The molecule has 2 fully saturated rings. The van der Waals surface area contributed by atoms with Gasteiger partial charge in [-0.2, -0.15) is 5.10 Å². The molecule has 4 rings (SSSR count). The number of anilines is 1. The minimum absolute atomic E-state index is 0.390. The molecular formula is C16H20N4O2. The average molecular weight is 300 g/mol. The van der Waals surface area contributed by atoms with Crippen LogP contribution in [0.3, 0.4) is 0 Å². The van der Waals surface area contributed by atoms with Crippen LogP contribution in [0, 0.1) is 0 Å². The summed E-state index contributed by atoms with van der Waals surface area (Å²) >= 11 is 0. The Labute approximate surface area is 129 Å². The Bertz CT molecular complexity index is 660. The van der Waals surface area contributed by atoms with Crippen molar-refractivity contribution in [2.75, 3.05) is 18.9 Å². The number of pyridine rings is 1. The van der Waals surface area contributed by atoms with E-state index < -0.39 is 0 Å². The third kappa shape index (κ3) is 2.66. The summed E-state index contributed by atoms with van der Waals surface area (Å²) < 4.78 is 13.5. The maximum Gasteiger partial charge on any atom is 0.169 e. The second-order valence-corrected chi connectivity index (χ2v) is 5.97. The van der Waals surface area contributed by atoms with Crippen LogP contribution in [0.15, 0.2) is 24.5 Å². The lowest BCUT2D eigenvalue weighted by molar-refractivity contribution is 0.0839. The Morgan fingerprint density at radius 2 is 2.00 bits per heavy atom. The van der Waals surface area contributed by atoms with Crippen LogP contribution in [-0.2, 0) is 4.74 Å². The standard InChI is InChI=1S/C16H20N4O2/c17-16-13(2-1-7-18-16)22-14-10-20(12-3-4-12)19-15(14)11-5-8-21-9-6-11/h1-2,7,10-12H,3-6,8-9H2,(H2,17,18). The molecule has 2 aliphatic rings. The first-order valence-corrected chi connectivity index (χ1v) is 7.86. The van der Waals surface area contributed by atoms with Gasteiger partial charge in [-0.3, -0.25) is 4.68 Å². The highest BCUT2D eigenvalue weighted by atomic mass is 16.5. The molecule has 1 saturated heterocycles. The fourth-order valence-electron chi connectivity index (χ4n) is 2.85. The summed E-state index contributed by atoms with van der Waals surface area (Å²) in [7, 11) is 0. The highest BCUT2D eigenvalue weighted by molar-refractivity contribution is 5.48. The molecule has 0 radical (unpaired) electrons. The number of nitrogens with zero attached hydrogens (tertiary/aromatic N) is 3. The van der Waals surface area contributed by atoms with E-state index in [0.717, 1.165) is 37.5 Å². The number of hydrogen-bond donors (Lipinski definition) is 1. The van der Waals surface area contributed by atoms with Crippen molar-refractivity contribution in [1.82, 2.24) is 14.8 Å². The number of aromatic nitrogens is 3. The molecule has 1 aliphatic heterocycles. The molecule has 2 aromatic rings. The molecule has 22 heavy (non-hydrogen) atoms. The Kier molecular flexibility index (Phi) is 3.46. The zero-order valence-corrected chi connectivity index (χ0v) is 12.4. The Balaban J connectivity index is 1.65. The van der Waals surface area contributed by atoms with E-state index in [9.17, 15) is 0 Å². The molecule has 0 unspecified atom stereocenters. The van der Waals surface area contributed by atoms with Crippen molar-refractivity contribution in [3.8, 4) is 11.5 Å². The molecule has 0 aromatic carbocycles. The third-order valence-corrected chi connectivity index (χ3v) is 4.27. The fraction of sp³-hybridized carbons (Fsp3) is 0.500. The van der Waals surface area contributed by atoms with Gasteiger partial charge in [0.05, 0.1) is 12.2 Å². The van der Waals surface area contributed by atoms with Crippen molar-refractivity contribution in [1.29, 1.82) is 0 Å². The van der Waals surface area contributed by atoms with Crippen LogP contribution in [0.2, 0.25) is 0 Å². The van der Waals surface area contributed by atoms with E-state index in [-0.39, 0.29) is 0 Å². The fourth-order valence-corrected chi connectivity index (χ4v) is 2.85. The van der Waals surface area contributed by atoms with E-state index in [0.29, 0.717) is 23.5 Å². The van der Waals surface area contributed by atoms with Crippen LogP contribution in [0.1, 0.15) is 43.3 Å². The average Bonchev–Trinajstić information content (AvgIpc) is 3.32. The van der Waals surface area contributed by atoms with Gasteiger partial charge in [0.25, 0.3) is 0 Å². The van der Waals surface area contributed by atoms with E-state index >= 15 is 0 Å². The Morgan fingerprint density at radius 1 is 1.18 bits per heavy atom. The molecule has 0 spiro atoms. The molecule has 6 nitrogen and oxygen atoms in total. The summed E-state index contributed by atoms with van der Waals surface area (Å²) in [5, 5.41) is 4.80. The van der Waals surface area contributed by atoms with Gasteiger partial charge < -0.3 is 15.2 Å². The third-order valence-electron chi connectivity index (χ3n) is 4.27. The van der Waals surface area contributed by atoms with E-state index in [1.54, 1.807) is 6.20 Å². The molecule has 1 saturated carbocycles. The predicted octanol–water partition coefficient (Wildman–Crippen LogP) is 2.88. The highest BCUT2D eigenvalue weighted by Crippen LogP contribution is 2.40. The van der Waals surface area contributed by atoms with Crippen LogP contribution in [0.5, 0.6) is 11.5 Å². The zero-order chi connectivity index (χ0) is 14.9. The number of nitrogen functional groups attached to an aromatic ring is 1. The monoisotopic (exact) mass is 300 g/mol. The van der Waals surface area contributed by atoms with E-state index in [2.05, 4.69) is 4.98 Å². The molecule has 116 valence electrons. The molecule has 2 N–H and O–H groups in total. The maximum atomic E-state index is 6.04. The Morgan fingerprint density at radius 3 is 2.73 bits per heavy atom. The van der Waals surface area contributed by atoms with E-state index in [4.69, 9.17) is 20.3 Å². The van der Waals surface area contributed by atoms with Crippen molar-refractivity contribution in [3.05, 3.63) is 30.2 Å². The molecular weight excluding hydrogens is 280 g/mol. The van der Waals surface area contributed by atoms with Crippen molar-refractivity contribution < 1.29 is 9.47 Å². The van der Waals surface area contributed by atoms with Gasteiger partial charge in [0.15, 0.2) is 17.3 Å². The summed E-state index contributed by atoms with van der Waals surface area (Å²) in [5.41, 5.74) is 6.92. The lowest BCUT2D eigenvalue weighted by Crippen LogP contribution is -2.15. The normalized spacial score (nSPS) is 19.3. The van der Waals surface area contributed by atoms with Gasteiger partial charge >= 0.3 is 0 Å². The quantitative estimate of drug-likeness (QED) is 0.939. The molecule has 6 heteroatoms. The first-order valence-electron chi connectivity index (χ1n) is 7.86. The molecule has 3 heterocycles. The zero-order valence-electron chi connectivity index (χ0n) is 12.4. The number of ether oxygens (including phenoxy) is 2. The largest absolute Gasteiger partial charge is 0.450 e. The topological polar surface area (TPSA) is 75.2 Å². The van der Waals surface area contributed by atoms with Gasteiger partial charge in [0.1, 0.15) is 5.69 Å². The molecule has 1 aliphatic carbocycles. The highest BCUT2D eigenvalue weighted by Gasteiger charge is 2.29. The van der Waals surface area contributed by atoms with Crippen molar-refractivity contribution in [2.24, 2.45) is 0 Å². The van der Waals surface area contributed by atoms with Gasteiger partial charge in [-0.25, -0.2) is 4.98 Å². The first kappa shape index (κ1) is 13.6. The van der Waals surface area contributed by atoms with Crippen LogP contribution in [0.25, 0.3) is 0 Å². The molecule has 0 atom stereocenters. The SMILES string of the molecule is Nc1ncccc1Oc1cn(C2CC2)nc1C1CCOCC1. The summed E-state index contributed by atoms with van der Waals surface area (Å²) in [6.07, 6.45) is 8.04. The molecule has 0 bridgehead atoms. The first-order chi connectivity index (χ1) is 10.8. The lowest BCUT2D eigenvalue weighted by Gasteiger charge is -2.21. The minimum atomic E-state index is 0.390. The van der Waals surface area contributed by atoms with E-state index in [1.807, 2.05) is 23.0 Å². The second kappa shape index (κ2) is 5.61. The van der Waals surface area contributed by atoms with Crippen LogP contribution in [0.4, 0.5) is 5.82 Å². The lowest BCUT2D eigenvalue weighted by atomic mass is 9.96. The smallest absolute Gasteiger partial charge is 0.169 e. The van der Waals surface area contributed by atoms with Crippen LogP contribution in [-0.4, -0.2) is 28.0 Å². The van der Waals surface area contributed by atoms with Gasteiger partial charge in [0, 0.05) is 25.3 Å². The van der Waals surface area contributed by atoms with Gasteiger partial charge in [-0.05, 0) is 37.8 Å². The van der Waals surface area contributed by atoms with Crippen LogP contribution >= 0.6 is 0 Å².